The quantitative estimate of drug-likeness (QED) is 0.349. The molecule has 0 saturated carbocycles. The van der Waals surface area contributed by atoms with Crippen LogP contribution in [0.4, 0.5) is 0 Å². The van der Waals surface area contributed by atoms with Crippen molar-refractivity contribution in [2.75, 3.05) is 39.3 Å². The Bertz CT molecular complexity index is 751. The van der Waals surface area contributed by atoms with Gasteiger partial charge in [-0.1, -0.05) is 18.2 Å². The topological polar surface area (TPSA) is 69.1 Å². The Kier molecular flexibility index (Phi) is 8.29. The number of hydrogen-bond donors (Lipinski definition) is 3. The molecule has 2 heterocycles. The summed E-state index contributed by atoms with van der Waals surface area (Å²) < 4.78 is 6.99. The summed E-state index contributed by atoms with van der Waals surface area (Å²) in [5, 5.41) is 18.4. The number of guanidine groups is 1. The average molecular weight is 419 g/mol. The van der Waals surface area contributed by atoms with Crippen LogP contribution in [0.3, 0.4) is 0 Å². The number of hydrogen-bond acceptors (Lipinski definition) is 5. The van der Waals surface area contributed by atoms with Crippen molar-refractivity contribution in [3.8, 4) is 0 Å². The molecule has 3 rings (SSSR count). The number of ether oxygens (including phenoxy) is 1. The van der Waals surface area contributed by atoms with Crippen LogP contribution in [-0.4, -0.2) is 67.4 Å². The van der Waals surface area contributed by atoms with Crippen LogP contribution in [0.25, 0.3) is 10.1 Å². The molecule has 0 radical (unpaired) electrons. The Labute approximate surface area is 178 Å². The van der Waals surface area contributed by atoms with Gasteiger partial charge in [0.05, 0.1) is 18.8 Å². The highest BCUT2D eigenvalue weighted by molar-refractivity contribution is 7.19. The van der Waals surface area contributed by atoms with E-state index in [2.05, 4.69) is 59.5 Å². The maximum absolute atomic E-state index is 10.6. The van der Waals surface area contributed by atoms with Crippen LogP contribution in [-0.2, 0) is 4.74 Å². The fourth-order valence-corrected chi connectivity index (χ4v) is 4.79. The summed E-state index contributed by atoms with van der Waals surface area (Å²) in [7, 11) is 0. The van der Waals surface area contributed by atoms with Gasteiger partial charge >= 0.3 is 0 Å². The van der Waals surface area contributed by atoms with Crippen molar-refractivity contribution in [2.45, 2.75) is 45.5 Å². The van der Waals surface area contributed by atoms with Crippen molar-refractivity contribution >= 4 is 27.4 Å². The second kappa shape index (κ2) is 10.9. The first-order valence-corrected chi connectivity index (χ1v) is 11.4. The zero-order valence-electron chi connectivity index (χ0n) is 17.7. The Hall–Kier alpha value is -1.67. The minimum Gasteiger partial charge on any atom is -0.386 e. The van der Waals surface area contributed by atoms with Gasteiger partial charge < -0.3 is 20.5 Å². The Morgan fingerprint density at radius 3 is 2.76 bits per heavy atom. The minimum absolute atomic E-state index is 0.306. The van der Waals surface area contributed by atoms with Crippen LogP contribution in [0.2, 0.25) is 0 Å². The monoisotopic (exact) mass is 418 g/mol. The Morgan fingerprint density at radius 2 is 2.03 bits per heavy atom. The molecule has 1 aliphatic heterocycles. The SMILES string of the molecule is CCNC(=NCC(O)c1cc2ccccc2s1)NCCCN1CC(C)OC(C)C1. The summed E-state index contributed by atoms with van der Waals surface area (Å²) in [6, 6.07) is 10.3. The number of benzene rings is 1. The molecular formula is C22H34N4O2S. The fourth-order valence-electron chi connectivity index (χ4n) is 3.75. The van der Waals surface area contributed by atoms with Crippen LogP contribution in [0.15, 0.2) is 35.3 Å². The maximum atomic E-state index is 10.6. The highest BCUT2D eigenvalue weighted by Crippen LogP contribution is 2.29. The van der Waals surface area contributed by atoms with Crippen molar-refractivity contribution < 1.29 is 9.84 Å². The van der Waals surface area contributed by atoms with E-state index in [-0.39, 0.29) is 0 Å². The van der Waals surface area contributed by atoms with E-state index in [9.17, 15) is 5.11 Å². The van der Waals surface area contributed by atoms with E-state index in [1.165, 1.54) is 10.1 Å². The Morgan fingerprint density at radius 1 is 1.28 bits per heavy atom. The first-order chi connectivity index (χ1) is 14.0. The number of nitrogens with one attached hydrogen (secondary N) is 2. The van der Waals surface area contributed by atoms with Gasteiger partial charge in [0.1, 0.15) is 6.10 Å². The summed E-state index contributed by atoms with van der Waals surface area (Å²) in [6.07, 6.45) is 1.07. The lowest BCUT2D eigenvalue weighted by Crippen LogP contribution is -2.46. The van der Waals surface area contributed by atoms with Crippen LogP contribution in [0.1, 0.15) is 38.2 Å². The minimum atomic E-state index is -0.584. The van der Waals surface area contributed by atoms with Crippen molar-refractivity contribution in [1.82, 2.24) is 15.5 Å². The summed E-state index contributed by atoms with van der Waals surface area (Å²) >= 11 is 1.63. The molecule has 0 spiro atoms. The summed E-state index contributed by atoms with van der Waals surface area (Å²) in [5.74, 6) is 0.761. The fraction of sp³-hybridized carbons (Fsp3) is 0.591. The second-order valence-corrected chi connectivity index (χ2v) is 8.83. The smallest absolute Gasteiger partial charge is 0.191 e. The van der Waals surface area contributed by atoms with E-state index in [4.69, 9.17) is 4.74 Å². The Balaban J connectivity index is 1.46. The lowest BCUT2D eigenvalue weighted by Gasteiger charge is -2.35. The van der Waals surface area contributed by atoms with Crippen molar-refractivity contribution in [1.29, 1.82) is 0 Å². The molecule has 1 aromatic heterocycles. The zero-order chi connectivity index (χ0) is 20.6. The predicted octanol–water partition coefficient (Wildman–Crippen LogP) is 2.99. The van der Waals surface area contributed by atoms with Gasteiger partial charge in [-0.25, -0.2) is 0 Å². The van der Waals surface area contributed by atoms with Gasteiger partial charge in [-0.2, -0.15) is 0 Å². The molecule has 2 aromatic rings. The third kappa shape index (κ3) is 6.67. The van der Waals surface area contributed by atoms with Crippen LogP contribution >= 0.6 is 11.3 Å². The van der Waals surface area contributed by atoms with Gasteiger partial charge in [0.15, 0.2) is 5.96 Å². The average Bonchev–Trinajstić information content (AvgIpc) is 3.12. The van der Waals surface area contributed by atoms with Gasteiger partial charge in [0, 0.05) is 42.3 Å². The molecule has 0 amide bonds. The lowest BCUT2D eigenvalue weighted by atomic mass is 10.2. The lowest BCUT2D eigenvalue weighted by molar-refractivity contribution is -0.0679. The normalized spacial score (nSPS) is 22.0. The molecule has 0 bridgehead atoms. The number of fused-ring (bicyclic) bond motifs is 1. The predicted molar refractivity (Wildman–Crippen MR) is 122 cm³/mol. The van der Waals surface area contributed by atoms with Crippen LogP contribution in [0, 0.1) is 0 Å². The largest absolute Gasteiger partial charge is 0.386 e. The van der Waals surface area contributed by atoms with E-state index in [0.717, 1.165) is 50.0 Å². The summed E-state index contributed by atoms with van der Waals surface area (Å²) in [4.78, 5) is 8.01. The number of aliphatic hydroxyl groups is 1. The number of morpholine rings is 1. The van der Waals surface area contributed by atoms with Gasteiger partial charge in [0.2, 0.25) is 0 Å². The van der Waals surface area contributed by atoms with Gasteiger partial charge in [-0.05, 0) is 44.7 Å². The van der Waals surface area contributed by atoms with Crippen molar-refractivity contribution in [3.05, 3.63) is 35.2 Å². The molecule has 1 saturated heterocycles. The number of nitrogens with zero attached hydrogens (tertiary/aromatic N) is 2. The van der Waals surface area contributed by atoms with E-state index in [0.29, 0.717) is 18.8 Å². The number of aliphatic imine (C=N–C) groups is 1. The number of aliphatic hydroxyl groups excluding tert-OH is 1. The summed E-state index contributed by atoms with van der Waals surface area (Å²) in [5.41, 5.74) is 0. The summed E-state index contributed by atoms with van der Waals surface area (Å²) in [6.45, 7) is 11.4. The standard InChI is InChI=1S/C22H34N4O2S/c1-4-23-22(24-10-7-11-26-14-16(2)28-17(3)15-26)25-13-19(27)21-12-18-8-5-6-9-20(18)29-21/h5-6,8-9,12,16-17,19,27H,4,7,10-11,13-15H2,1-3H3,(H2,23,24,25). The highest BCUT2D eigenvalue weighted by Gasteiger charge is 2.21. The third-order valence-corrected chi connectivity index (χ3v) is 6.20. The molecule has 3 N–H and O–H groups in total. The molecule has 3 atom stereocenters. The van der Waals surface area contributed by atoms with E-state index < -0.39 is 6.10 Å². The van der Waals surface area contributed by atoms with Crippen LogP contribution < -0.4 is 10.6 Å². The van der Waals surface area contributed by atoms with E-state index in [1.807, 2.05) is 12.1 Å². The van der Waals surface area contributed by atoms with Gasteiger partial charge in [-0.15, -0.1) is 11.3 Å². The van der Waals surface area contributed by atoms with Crippen molar-refractivity contribution in [3.63, 3.8) is 0 Å². The zero-order valence-corrected chi connectivity index (χ0v) is 18.5. The highest BCUT2D eigenvalue weighted by atomic mass is 32.1. The van der Waals surface area contributed by atoms with E-state index in [1.54, 1.807) is 11.3 Å². The molecule has 29 heavy (non-hydrogen) atoms. The van der Waals surface area contributed by atoms with Crippen molar-refractivity contribution in [2.24, 2.45) is 4.99 Å². The molecule has 7 heteroatoms. The molecule has 1 aliphatic rings. The molecule has 3 unspecified atom stereocenters. The molecule has 1 aromatic carbocycles. The molecule has 6 nitrogen and oxygen atoms in total. The number of thiophene rings is 1. The third-order valence-electron chi connectivity index (χ3n) is 4.98. The number of rotatable bonds is 8. The maximum Gasteiger partial charge on any atom is 0.191 e. The van der Waals surface area contributed by atoms with Gasteiger partial charge in [-0.3, -0.25) is 9.89 Å². The van der Waals surface area contributed by atoms with Crippen LogP contribution in [0.5, 0.6) is 0 Å². The molecule has 160 valence electrons. The molecule has 0 aliphatic carbocycles. The molecule has 1 fully saturated rings. The second-order valence-electron chi connectivity index (χ2n) is 7.72. The molecular weight excluding hydrogens is 384 g/mol. The first-order valence-electron chi connectivity index (χ1n) is 10.6. The first kappa shape index (κ1) is 22.0. The van der Waals surface area contributed by atoms with E-state index >= 15 is 0 Å². The van der Waals surface area contributed by atoms with Gasteiger partial charge in [0.25, 0.3) is 0 Å².